The summed E-state index contributed by atoms with van der Waals surface area (Å²) in [6, 6.07) is 14.2. The number of aryl methyl sites for hydroxylation is 2. The van der Waals surface area contributed by atoms with Gasteiger partial charge in [0.1, 0.15) is 17.8 Å². The normalized spacial score (nSPS) is 13.6. The molecule has 1 amide bonds. The molecular weight excluding hydrogens is 414 g/mol. The molecule has 0 radical (unpaired) electrons. The number of fused-ring (bicyclic) bond motifs is 1. The minimum absolute atomic E-state index is 0.247. The molecule has 0 unspecified atom stereocenters. The number of benzene rings is 2. The summed E-state index contributed by atoms with van der Waals surface area (Å²) in [6.45, 7) is 7.18. The average molecular weight is 440 g/mol. The summed E-state index contributed by atoms with van der Waals surface area (Å²) in [5, 5.41) is 3.62. The number of hydrogen-bond donors (Lipinski definition) is 2. The fraction of sp³-hybridized carbons (Fsp3) is 0.192. The molecule has 1 aliphatic rings. The lowest BCUT2D eigenvalue weighted by Gasteiger charge is -2.28. The number of nitrogens with one attached hydrogen (secondary N) is 1. The maximum Gasteiger partial charge on any atom is 0.247 e. The van der Waals surface area contributed by atoms with E-state index in [9.17, 15) is 4.79 Å². The van der Waals surface area contributed by atoms with E-state index in [0.717, 1.165) is 46.6 Å². The lowest BCUT2D eigenvalue weighted by Crippen LogP contribution is -2.25. The van der Waals surface area contributed by atoms with Crippen molar-refractivity contribution in [3.05, 3.63) is 72.6 Å². The van der Waals surface area contributed by atoms with Crippen LogP contribution in [0.25, 0.3) is 33.4 Å². The Morgan fingerprint density at radius 3 is 2.55 bits per heavy atom. The van der Waals surface area contributed by atoms with Crippen molar-refractivity contribution in [3.8, 4) is 22.4 Å². The van der Waals surface area contributed by atoms with Crippen LogP contribution in [0.4, 0.5) is 11.5 Å². The van der Waals surface area contributed by atoms with E-state index in [0.29, 0.717) is 17.4 Å². The number of ether oxygens (including phenoxy) is 1. The van der Waals surface area contributed by atoms with Crippen LogP contribution < -0.4 is 11.1 Å². The van der Waals surface area contributed by atoms with E-state index in [2.05, 4.69) is 47.0 Å². The molecule has 1 fully saturated rings. The Kier molecular flexibility index (Phi) is 5.18. The molecule has 0 aliphatic carbocycles. The third kappa shape index (κ3) is 3.56. The van der Waals surface area contributed by atoms with E-state index in [-0.39, 0.29) is 5.91 Å². The molecule has 0 spiro atoms. The smallest absolute Gasteiger partial charge is 0.247 e. The number of rotatable bonds is 5. The van der Waals surface area contributed by atoms with Gasteiger partial charge in [-0.1, -0.05) is 36.9 Å². The minimum atomic E-state index is -0.247. The van der Waals surface area contributed by atoms with Crippen molar-refractivity contribution in [2.24, 2.45) is 7.05 Å². The van der Waals surface area contributed by atoms with E-state index in [4.69, 9.17) is 10.5 Å². The van der Waals surface area contributed by atoms with Crippen LogP contribution >= 0.6 is 0 Å². The number of amides is 1. The molecule has 2 aromatic carbocycles. The number of nitrogens with two attached hydrogens (primary N) is 1. The van der Waals surface area contributed by atoms with Crippen molar-refractivity contribution in [1.29, 1.82) is 0 Å². The predicted octanol–water partition coefficient (Wildman–Crippen LogP) is 4.43. The van der Waals surface area contributed by atoms with Crippen molar-refractivity contribution in [2.45, 2.75) is 12.8 Å². The lowest BCUT2D eigenvalue weighted by atomic mass is 9.89. The first-order valence-corrected chi connectivity index (χ1v) is 10.8. The zero-order chi connectivity index (χ0) is 23.1. The molecule has 33 heavy (non-hydrogen) atoms. The summed E-state index contributed by atoms with van der Waals surface area (Å²) in [5.74, 6) is 0.655. The molecule has 3 heterocycles. The van der Waals surface area contributed by atoms with Crippen LogP contribution in [-0.2, 0) is 16.6 Å². The van der Waals surface area contributed by atoms with Crippen molar-refractivity contribution in [1.82, 2.24) is 14.5 Å². The zero-order valence-corrected chi connectivity index (χ0v) is 18.6. The Bertz CT molecular complexity index is 1380. The molecule has 7 heteroatoms. The van der Waals surface area contributed by atoms with Crippen LogP contribution in [0.5, 0.6) is 0 Å². The van der Waals surface area contributed by atoms with E-state index >= 15 is 0 Å². The van der Waals surface area contributed by atoms with Crippen molar-refractivity contribution >= 4 is 28.4 Å². The highest BCUT2D eigenvalue weighted by molar-refractivity contribution is 6.08. The highest BCUT2D eigenvalue weighted by Gasteiger charge is 2.25. The summed E-state index contributed by atoms with van der Waals surface area (Å²) in [6.07, 6.45) is 2.74. The SMILES string of the molecule is C=CC(=O)Nc1ccc(-c2c(-c3ccc(C4COC4)c(C)c3)c3c(N)ncnc3n2C)cc1. The van der Waals surface area contributed by atoms with Gasteiger partial charge in [0.25, 0.3) is 0 Å². The number of anilines is 2. The van der Waals surface area contributed by atoms with Gasteiger partial charge in [-0.05, 0) is 47.4 Å². The summed E-state index contributed by atoms with van der Waals surface area (Å²) in [5.41, 5.74) is 14.4. The summed E-state index contributed by atoms with van der Waals surface area (Å²) in [7, 11) is 1.98. The monoisotopic (exact) mass is 439 g/mol. The molecule has 0 atom stereocenters. The summed E-state index contributed by atoms with van der Waals surface area (Å²) in [4.78, 5) is 20.4. The first-order chi connectivity index (χ1) is 16.0. The minimum Gasteiger partial charge on any atom is -0.383 e. The van der Waals surface area contributed by atoms with Gasteiger partial charge in [-0.25, -0.2) is 9.97 Å². The van der Waals surface area contributed by atoms with Gasteiger partial charge in [0.15, 0.2) is 0 Å². The Hall–Kier alpha value is -3.97. The largest absolute Gasteiger partial charge is 0.383 e. The maximum atomic E-state index is 11.6. The second-order valence-electron chi connectivity index (χ2n) is 8.32. The van der Waals surface area contributed by atoms with E-state index in [1.807, 2.05) is 35.9 Å². The number of aromatic nitrogens is 3. The highest BCUT2D eigenvalue weighted by Crippen LogP contribution is 2.42. The van der Waals surface area contributed by atoms with Crippen molar-refractivity contribution in [3.63, 3.8) is 0 Å². The lowest BCUT2D eigenvalue weighted by molar-refractivity contribution is -0.111. The van der Waals surface area contributed by atoms with Crippen LogP contribution in [-0.4, -0.2) is 33.7 Å². The fourth-order valence-electron chi connectivity index (χ4n) is 4.50. The van der Waals surface area contributed by atoms with Gasteiger partial charge in [0.05, 0.1) is 24.3 Å². The topological polar surface area (TPSA) is 95.1 Å². The Morgan fingerprint density at radius 1 is 1.18 bits per heavy atom. The molecule has 5 rings (SSSR count). The number of nitrogen functional groups attached to an aromatic ring is 1. The molecule has 3 N–H and O–H groups in total. The first kappa shape index (κ1) is 20.9. The third-order valence-electron chi connectivity index (χ3n) is 6.24. The van der Waals surface area contributed by atoms with Crippen molar-refractivity contribution in [2.75, 3.05) is 24.3 Å². The van der Waals surface area contributed by atoms with Crippen LogP contribution in [0.3, 0.4) is 0 Å². The third-order valence-corrected chi connectivity index (χ3v) is 6.24. The molecule has 4 aromatic rings. The molecular formula is C26H25N5O2. The van der Waals surface area contributed by atoms with E-state index in [1.165, 1.54) is 23.5 Å². The number of hydrogen-bond acceptors (Lipinski definition) is 5. The van der Waals surface area contributed by atoms with Gasteiger partial charge < -0.3 is 20.4 Å². The Labute approximate surface area is 191 Å². The molecule has 1 aliphatic heterocycles. The molecule has 0 bridgehead atoms. The molecule has 7 nitrogen and oxygen atoms in total. The number of carbonyl (C=O) groups excluding carboxylic acids is 1. The maximum absolute atomic E-state index is 11.6. The average Bonchev–Trinajstić information content (AvgIpc) is 3.08. The standard InChI is InChI=1S/C26H25N5O2/c1-4-21(32)30-19-8-5-16(6-9-19)24-22(23-25(27)28-14-29-26(23)31(24)3)17-7-10-20(15(2)11-17)18-12-33-13-18/h4-11,14,18H,1,12-13H2,2-3H3,(H,30,32)(H2,27,28,29). The first-order valence-electron chi connectivity index (χ1n) is 10.8. The van der Waals surface area contributed by atoms with Gasteiger partial charge in [-0.2, -0.15) is 0 Å². The molecule has 1 saturated heterocycles. The Morgan fingerprint density at radius 2 is 1.91 bits per heavy atom. The second kappa shape index (κ2) is 8.18. The summed E-state index contributed by atoms with van der Waals surface area (Å²) < 4.78 is 7.43. The van der Waals surface area contributed by atoms with E-state index < -0.39 is 0 Å². The van der Waals surface area contributed by atoms with Gasteiger partial charge in [0, 0.05) is 24.2 Å². The van der Waals surface area contributed by atoms with Gasteiger partial charge in [-0.3, -0.25) is 4.79 Å². The summed E-state index contributed by atoms with van der Waals surface area (Å²) >= 11 is 0. The van der Waals surface area contributed by atoms with Crippen LogP contribution in [0.1, 0.15) is 17.0 Å². The van der Waals surface area contributed by atoms with Crippen LogP contribution in [0, 0.1) is 6.92 Å². The predicted molar refractivity (Wildman–Crippen MR) is 131 cm³/mol. The van der Waals surface area contributed by atoms with Gasteiger partial charge in [-0.15, -0.1) is 0 Å². The number of nitrogens with zero attached hydrogens (tertiary/aromatic N) is 3. The van der Waals surface area contributed by atoms with Gasteiger partial charge >= 0.3 is 0 Å². The van der Waals surface area contributed by atoms with E-state index in [1.54, 1.807) is 0 Å². The molecule has 0 saturated carbocycles. The second-order valence-corrected chi connectivity index (χ2v) is 8.32. The quantitative estimate of drug-likeness (QED) is 0.449. The van der Waals surface area contributed by atoms with Crippen LogP contribution in [0.15, 0.2) is 61.4 Å². The van der Waals surface area contributed by atoms with Crippen LogP contribution in [0.2, 0.25) is 0 Å². The molecule has 2 aromatic heterocycles. The zero-order valence-electron chi connectivity index (χ0n) is 18.6. The highest BCUT2D eigenvalue weighted by atomic mass is 16.5. The fourth-order valence-corrected chi connectivity index (χ4v) is 4.50. The number of carbonyl (C=O) groups is 1. The molecule has 166 valence electrons. The van der Waals surface area contributed by atoms with Gasteiger partial charge in [0.2, 0.25) is 5.91 Å². The van der Waals surface area contributed by atoms with Crippen molar-refractivity contribution < 1.29 is 9.53 Å². The Balaban J connectivity index is 1.68.